The Balaban J connectivity index is 1.84. The smallest absolute Gasteiger partial charge is 0.338 e. The number of carbonyl (C=O) groups excluding carboxylic acids is 3. The van der Waals surface area contributed by atoms with Crippen LogP contribution in [0.2, 0.25) is 0 Å². The largest absolute Gasteiger partial charge is 0.485 e. The van der Waals surface area contributed by atoms with Gasteiger partial charge in [-0.1, -0.05) is 24.3 Å². The first-order chi connectivity index (χ1) is 13.0. The van der Waals surface area contributed by atoms with E-state index in [1.165, 1.54) is 6.92 Å². The zero-order chi connectivity index (χ0) is 19.6. The predicted molar refractivity (Wildman–Crippen MR) is 101 cm³/mol. The molecular formula is C21H23NO5. The van der Waals surface area contributed by atoms with Crippen LogP contribution < -0.4 is 10.1 Å². The number of carbonyl (C=O) groups is 3. The molecule has 1 N–H and O–H groups in total. The van der Waals surface area contributed by atoms with Gasteiger partial charge in [0, 0.05) is 19.0 Å². The van der Waals surface area contributed by atoms with E-state index in [0.29, 0.717) is 36.4 Å². The van der Waals surface area contributed by atoms with Crippen molar-refractivity contribution in [3.05, 3.63) is 65.2 Å². The number of hydrogen-bond donors (Lipinski definition) is 1. The highest BCUT2D eigenvalue weighted by Crippen LogP contribution is 2.14. The molecule has 0 saturated heterocycles. The zero-order valence-electron chi connectivity index (χ0n) is 15.5. The Labute approximate surface area is 158 Å². The van der Waals surface area contributed by atoms with Crippen LogP contribution in [0.15, 0.2) is 48.5 Å². The molecule has 2 aromatic carbocycles. The number of nitrogens with one attached hydrogen (secondary N) is 1. The monoisotopic (exact) mass is 369 g/mol. The number of Topliss-reactive ketones (excluding diaryl/α,β-unsaturated/α-hetero) is 1. The third-order valence-electron chi connectivity index (χ3n) is 3.80. The molecule has 0 aromatic heterocycles. The Morgan fingerprint density at radius 2 is 1.56 bits per heavy atom. The van der Waals surface area contributed by atoms with E-state index in [9.17, 15) is 14.4 Å². The summed E-state index contributed by atoms with van der Waals surface area (Å²) in [4.78, 5) is 34.7. The number of amides is 1. The van der Waals surface area contributed by atoms with Gasteiger partial charge < -0.3 is 14.8 Å². The van der Waals surface area contributed by atoms with Crippen molar-refractivity contribution in [1.29, 1.82) is 0 Å². The van der Waals surface area contributed by atoms with Crippen molar-refractivity contribution in [3.8, 4) is 5.75 Å². The summed E-state index contributed by atoms with van der Waals surface area (Å²) in [6, 6.07) is 13.7. The summed E-state index contributed by atoms with van der Waals surface area (Å²) in [6.07, 6.45) is 0.706. The maximum absolute atomic E-state index is 12.2. The summed E-state index contributed by atoms with van der Waals surface area (Å²) < 4.78 is 10.4. The molecule has 0 aliphatic rings. The molecule has 1 amide bonds. The van der Waals surface area contributed by atoms with Crippen LogP contribution >= 0.6 is 0 Å². The van der Waals surface area contributed by atoms with Gasteiger partial charge in [0.05, 0.1) is 12.2 Å². The molecule has 0 atom stereocenters. The highest BCUT2D eigenvalue weighted by Gasteiger charge is 2.09. The second kappa shape index (κ2) is 10.1. The summed E-state index contributed by atoms with van der Waals surface area (Å²) in [5.41, 5.74) is 2.03. The third kappa shape index (κ3) is 6.58. The van der Waals surface area contributed by atoms with Crippen molar-refractivity contribution in [1.82, 2.24) is 5.32 Å². The van der Waals surface area contributed by atoms with E-state index in [-0.39, 0.29) is 18.3 Å². The van der Waals surface area contributed by atoms with Crippen LogP contribution in [0.4, 0.5) is 0 Å². The van der Waals surface area contributed by atoms with E-state index in [0.717, 1.165) is 5.56 Å². The van der Waals surface area contributed by atoms with Crippen LogP contribution in [0.1, 0.15) is 40.1 Å². The molecule has 2 aromatic rings. The first kappa shape index (κ1) is 20.2. The Morgan fingerprint density at radius 1 is 0.926 bits per heavy atom. The quantitative estimate of drug-likeness (QED) is 0.543. The highest BCUT2D eigenvalue weighted by molar-refractivity contribution is 5.97. The van der Waals surface area contributed by atoms with E-state index in [4.69, 9.17) is 9.47 Å². The van der Waals surface area contributed by atoms with Gasteiger partial charge >= 0.3 is 5.97 Å². The van der Waals surface area contributed by atoms with Crippen molar-refractivity contribution >= 4 is 17.7 Å². The molecule has 0 fully saturated rings. The average Bonchev–Trinajstić information content (AvgIpc) is 2.67. The lowest BCUT2D eigenvalue weighted by Crippen LogP contribution is -2.22. The minimum absolute atomic E-state index is 0.0609. The Bertz CT molecular complexity index is 781. The number of benzene rings is 2. The van der Waals surface area contributed by atoms with Crippen molar-refractivity contribution in [2.45, 2.75) is 20.3 Å². The second-order valence-electron chi connectivity index (χ2n) is 5.89. The van der Waals surface area contributed by atoms with Gasteiger partial charge in [0.1, 0.15) is 5.75 Å². The fourth-order valence-electron chi connectivity index (χ4n) is 2.37. The summed E-state index contributed by atoms with van der Waals surface area (Å²) in [5, 5.41) is 2.73. The van der Waals surface area contributed by atoms with Crippen LogP contribution in [0, 0.1) is 0 Å². The van der Waals surface area contributed by atoms with Crippen LogP contribution in [0.25, 0.3) is 0 Å². The molecule has 6 heteroatoms. The molecule has 0 aliphatic heterocycles. The SMILES string of the molecule is CCOC(=O)c1ccc(OCC(=O)c2ccc(CCNC(C)=O)cc2)cc1. The van der Waals surface area contributed by atoms with Crippen molar-refractivity contribution in [2.75, 3.05) is 19.8 Å². The summed E-state index contributed by atoms with van der Waals surface area (Å²) in [5.74, 6) is -0.0887. The normalized spacial score (nSPS) is 10.1. The topological polar surface area (TPSA) is 81.7 Å². The number of rotatable bonds is 9. The van der Waals surface area contributed by atoms with Gasteiger partial charge in [-0.3, -0.25) is 9.59 Å². The molecule has 0 spiro atoms. The van der Waals surface area contributed by atoms with E-state index in [1.54, 1.807) is 43.3 Å². The van der Waals surface area contributed by atoms with Crippen LogP contribution in [-0.4, -0.2) is 37.4 Å². The van der Waals surface area contributed by atoms with E-state index >= 15 is 0 Å². The van der Waals surface area contributed by atoms with Crippen LogP contribution in [0.3, 0.4) is 0 Å². The van der Waals surface area contributed by atoms with Crippen LogP contribution in [-0.2, 0) is 16.0 Å². The lowest BCUT2D eigenvalue weighted by Gasteiger charge is -2.08. The maximum Gasteiger partial charge on any atom is 0.338 e. The number of ether oxygens (including phenoxy) is 2. The van der Waals surface area contributed by atoms with E-state index in [1.807, 2.05) is 12.1 Å². The van der Waals surface area contributed by atoms with Gasteiger partial charge in [0.25, 0.3) is 0 Å². The van der Waals surface area contributed by atoms with Crippen molar-refractivity contribution in [3.63, 3.8) is 0 Å². The highest BCUT2D eigenvalue weighted by atomic mass is 16.5. The number of ketones is 1. The molecule has 142 valence electrons. The lowest BCUT2D eigenvalue weighted by molar-refractivity contribution is -0.118. The molecule has 0 heterocycles. The fraction of sp³-hybridized carbons (Fsp3) is 0.286. The first-order valence-electron chi connectivity index (χ1n) is 8.76. The van der Waals surface area contributed by atoms with Gasteiger partial charge in [0.15, 0.2) is 12.4 Å². The molecule has 0 saturated carbocycles. The molecule has 0 bridgehead atoms. The lowest BCUT2D eigenvalue weighted by atomic mass is 10.1. The third-order valence-corrected chi connectivity index (χ3v) is 3.80. The Hall–Kier alpha value is -3.15. The molecule has 0 aliphatic carbocycles. The minimum atomic E-state index is -0.390. The van der Waals surface area contributed by atoms with Gasteiger partial charge in [-0.15, -0.1) is 0 Å². The second-order valence-corrected chi connectivity index (χ2v) is 5.89. The number of esters is 1. The molecule has 0 unspecified atom stereocenters. The van der Waals surface area contributed by atoms with E-state index in [2.05, 4.69) is 5.32 Å². The molecular weight excluding hydrogens is 346 g/mol. The molecule has 27 heavy (non-hydrogen) atoms. The molecule has 0 radical (unpaired) electrons. The van der Waals surface area contributed by atoms with Gasteiger partial charge in [-0.2, -0.15) is 0 Å². The maximum atomic E-state index is 12.2. The average molecular weight is 369 g/mol. The zero-order valence-corrected chi connectivity index (χ0v) is 15.5. The predicted octanol–water partition coefficient (Wildman–Crippen LogP) is 2.80. The van der Waals surface area contributed by atoms with E-state index < -0.39 is 5.97 Å². The van der Waals surface area contributed by atoms with Crippen LogP contribution in [0.5, 0.6) is 5.75 Å². The number of hydrogen-bond acceptors (Lipinski definition) is 5. The van der Waals surface area contributed by atoms with Gasteiger partial charge in [0.2, 0.25) is 5.91 Å². The summed E-state index contributed by atoms with van der Waals surface area (Å²) in [6.45, 7) is 4.01. The first-order valence-corrected chi connectivity index (χ1v) is 8.76. The summed E-state index contributed by atoms with van der Waals surface area (Å²) in [7, 11) is 0. The van der Waals surface area contributed by atoms with Crippen molar-refractivity contribution in [2.24, 2.45) is 0 Å². The fourth-order valence-corrected chi connectivity index (χ4v) is 2.37. The van der Waals surface area contributed by atoms with Gasteiger partial charge in [-0.05, 0) is 43.2 Å². The molecule has 6 nitrogen and oxygen atoms in total. The van der Waals surface area contributed by atoms with Crippen molar-refractivity contribution < 1.29 is 23.9 Å². The molecule has 2 rings (SSSR count). The Kier molecular flexibility index (Phi) is 7.55. The van der Waals surface area contributed by atoms with Gasteiger partial charge in [-0.25, -0.2) is 4.79 Å². The minimum Gasteiger partial charge on any atom is -0.485 e. The summed E-state index contributed by atoms with van der Waals surface area (Å²) >= 11 is 0. The standard InChI is InChI=1S/C21H23NO5/c1-3-26-21(25)18-8-10-19(11-9-18)27-14-20(24)17-6-4-16(5-7-17)12-13-22-15(2)23/h4-11H,3,12-14H2,1-2H3,(H,22,23). The Morgan fingerprint density at radius 3 is 2.15 bits per heavy atom.